The van der Waals surface area contributed by atoms with Gasteiger partial charge in [0.05, 0.1) is 17.9 Å². The van der Waals surface area contributed by atoms with Gasteiger partial charge in [0, 0.05) is 13.1 Å². The molecular weight excluding hydrogens is 286 g/mol. The zero-order valence-electron chi connectivity index (χ0n) is 10.6. The first kappa shape index (κ1) is 14.5. The molecule has 0 spiro atoms. The number of hydrogen-bond acceptors (Lipinski definition) is 3. The minimum absolute atomic E-state index is 0.0774. The van der Waals surface area contributed by atoms with Crippen molar-refractivity contribution in [2.24, 2.45) is 11.8 Å². The van der Waals surface area contributed by atoms with Gasteiger partial charge in [0.1, 0.15) is 0 Å². The van der Waals surface area contributed by atoms with E-state index in [-0.39, 0.29) is 28.5 Å². The Hall–Kier alpha value is -0.580. The summed E-state index contributed by atoms with van der Waals surface area (Å²) in [6, 6.07) is 0. The van der Waals surface area contributed by atoms with E-state index in [1.54, 1.807) is 4.90 Å². The first-order chi connectivity index (χ1) is 7.97. The summed E-state index contributed by atoms with van der Waals surface area (Å²) in [5.74, 6) is -0.0441. The third kappa shape index (κ3) is 3.69. The molecule has 1 amide bonds. The summed E-state index contributed by atoms with van der Waals surface area (Å²) in [4.78, 5) is 25.2. The standard InChI is InChI=1S/C12H20BrNO3/c1-8(2)10(13)11(15)14-6-4-5-9(7-14)12(16)17-3/h8-10H,4-7H2,1-3H3. The van der Waals surface area contributed by atoms with E-state index >= 15 is 0 Å². The summed E-state index contributed by atoms with van der Waals surface area (Å²) in [6.45, 7) is 5.22. The maximum Gasteiger partial charge on any atom is 0.310 e. The van der Waals surface area contributed by atoms with Crippen LogP contribution in [0.2, 0.25) is 0 Å². The van der Waals surface area contributed by atoms with Crippen molar-refractivity contribution in [3.63, 3.8) is 0 Å². The van der Waals surface area contributed by atoms with Gasteiger partial charge in [0.25, 0.3) is 0 Å². The van der Waals surface area contributed by atoms with Crippen LogP contribution in [0.15, 0.2) is 0 Å². The minimum Gasteiger partial charge on any atom is -0.469 e. The van der Waals surface area contributed by atoms with Gasteiger partial charge in [0.15, 0.2) is 0 Å². The van der Waals surface area contributed by atoms with E-state index in [9.17, 15) is 9.59 Å². The number of likely N-dealkylation sites (tertiary alicyclic amines) is 1. The zero-order valence-corrected chi connectivity index (χ0v) is 12.2. The number of carbonyl (C=O) groups excluding carboxylic acids is 2. The van der Waals surface area contributed by atoms with Crippen LogP contribution in [0.25, 0.3) is 0 Å². The molecular formula is C12H20BrNO3. The van der Waals surface area contributed by atoms with Gasteiger partial charge >= 0.3 is 5.97 Å². The fourth-order valence-corrected chi connectivity index (χ4v) is 2.29. The van der Waals surface area contributed by atoms with Crippen LogP contribution in [0.3, 0.4) is 0 Å². The number of rotatable bonds is 3. The lowest BCUT2D eigenvalue weighted by Crippen LogP contribution is -2.46. The van der Waals surface area contributed by atoms with E-state index in [1.807, 2.05) is 13.8 Å². The summed E-state index contributed by atoms with van der Waals surface area (Å²) >= 11 is 3.41. The second-order valence-electron chi connectivity index (χ2n) is 4.79. The molecule has 1 fully saturated rings. The van der Waals surface area contributed by atoms with Crippen molar-refractivity contribution in [3.05, 3.63) is 0 Å². The van der Waals surface area contributed by atoms with Gasteiger partial charge in [0.2, 0.25) is 5.91 Å². The predicted octanol–water partition coefficient (Wildman–Crippen LogP) is 1.82. The number of carbonyl (C=O) groups is 2. The van der Waals surface area contributed by atoms with E-state index in [4.69, 9.17) is 4.74 Å². The summed E-state index contributed by atoms with van der Waals surface area (Å²) in [6.07, 6.45) is 1.68. The summed E-state index contributed by atoms with van der Waals surface area (Å²) in [5, 5.41) is 0. The first-order valence-electron chi connectivity index (χ1n) is 5.98. The quantitative estimate of drug-likeness (QED) is 0.590. The molecule has 17 heavy (non-hydrogen) atoms. The normalized spacial score (nSPS) is 22.4. The van der Waals surface area contributed by atoms with Crippen LogP contribution in [-0.4, -0.2) is 41.8 Å². The second kappa shape index (κ2) is 6.38. The van der Waals surface area contributed by atoms with Crippen LogP contribution < -0.4 is 0 Å². The molecule has 1 aliphatic rings. The lowest BCUT2D eigenvalue weighted by Gasteiger charge is -2.33. The van der Waals surface area contributed by atoms with Gasteiger partial charge in [-0.1, -0.05) is 29.8 Å². The van der Waals surface area contributed by atoms with Crippen molar-refractivity contribution in [1.29, 1.82) is 0 Å². The molecule has 0 aliphatic carbocycles. The molecule has 5 heteroatoms. The summed E-state index contributed by atoms with van der Waals surface area (Å²) in [7, 11) is 1.39. The van der Waals surface area contributed by atoms with E-state index in [2.05, 4.69) is 15.9 Å². The Morgan fingerprint density at radius 1 is 1.41 bits per heavy atom. The molecule has 0 N–H and O–H groups in total. The molecule has 0 radical (unpaired) electrons. The molecule has 2 atom stereocenters. The van der Waals surface area contributed by atoms with Crippen molar-refractivity contribution in [2.75, 3.05) is 20.2 Å². The molecule has 98 valence electrons. The third-order valence-electron chi connectivity index (χ3n) is 3.09. The highest BCUT2D eigenvalue weighted by Crippen LogP contribution is 2.22. The van der Waals surface area contributed by atoms with E-state index in [0.29, 0.717) is 6.54 Å². The van der Waals surface area contributed by atoms with Crippen LogP contribution in [-0.2, 0) is 14.3 Å². The van der Waals surface area contributed by atoms with Crippen molar-refractivity contribution >= 4 is 27.8 Å². The third-order valence-corrected chi connectivity index (χ3v) is 4.54. The lowest BCUT2D eigenvalue weighted by molar-refractivity contribution is -0.148. The molecule has 4 nitrogen and oxygen atoms in total. The highest BCUT2D eigenvalue weighted by molar-refractivity contribution is 9.10. The molecule has 0 aromatic rings. The molecule has 0 saturated carbocycles. The Balaban J connectivity index is 2.60. The zero-order chi connectivity index (χ0) is 13.0. The molecule has 0 bridgehead atoms. The van der Waals surface area contributed by atoms with Gasteiger partial charge in [-0.05, 0) is 18.8 Å². The Labute approximate surface area is 111 Å². The van der Waals surface area contributed by atoms with Crippen LogP contribution in [0.1, 0.15) is 26.7 Å². The smallest absolute Gasteiger partial charge is 0.310 e. The predicted molar refractivity (Wildman–Crippen MR) is 68.9 cm³/mol. The number of nitrogens with zero attached hydrogens (tertiary/aromatic N) is 1. The van der Waals surface area contributed by atoms with Gasteiger partial charge in [-0.3, -0.25) is 9.59 Å². The Bertz CT molecular complexity index is 293. The average molecular weight is 306 g/mol. The fourth-order valence-electron chi connectivity index (χ4n) is 2.00. The number of amides is 1. The lowest BCUT2D eigenvalue weighted by atomic mass is 9.97. The average Bonchev–Trinajstić information content (AvgIpc) is 2.36. The number of halogens is 1. The summed E-state index contributed by atoms with van der Waals surface area (Å²) < 4.78 is 4.74. The summed E-state index contributed by atoms with van der Waals surface area (Å²) in [5.41, 5.74) is 0. The molecule has 0 aromatic carbocycles. The highest BCUT2D eigenvalue weighted by atomic mass is 79.9. The molecule has 1 saturated heterocycles. The van der Waals surface area contributed by atoms with Gasteiger partial charge in [-0.15, -0.1) is 0 Å². The Morgan fingerprint density at radius 2 is 2.06 bits per heavy atom. The van der Waals surface area contributed by atoms with E-state index in [1.165, 1.54) is 7.11 Å². The van der Waals surface area contributed by atoms with Gasteiger partial charge in [-0.2, -0.15) is 0 Å². The second-order valence-corrected chi connectivity index (χ2v) is 5.78. The van der Waals surface area contributed by atoms with Gasteiger partial charge < -0.3 is 9.64 Å². The van der Waals surface area contributed by atoms with Crippen LogP contribution in [0.4, 0.5) is 0 Å². The number of alkyl halides is 1. The van der Waals surface area contributed by atoms with E-state index < -0.39 is 0 Å². The van der Waals surface area contributed by atoms with E-state index in [0.717, 1.165) is 19.4 Å². The first-order valence-corrected chi connectivity index (χ1v) is 6.89. The van der Waals surface area contributed by atoms with Crippen molar-refractivity contribution in [1.82, 2.24) is 4.90 Å². The fraction of sp³-hybridized carbons (Fsp3) is 0.833. The molecule has 2 unspecified atom stereocenters. The number of methoxy groups -OCH3 is 1. The number of hydrogen-bond donors (Lipinski definition) is 0. The van der Waals surface area contributed by atoms with Crippen LogP contribution >= 0.6 is 15.9 Å². The maximum atomic E-state index is 12.1. The Kier molecular flexibility index (Phi) is 5.43. The topological polar surface area (TPSA) is 46.6 Å². The van der Waals surface area contributed by atoms with Crippen molar-refractivity contribution < 1.29 is 14.3 Å². The molecule has 1 aliphatic heterocycles. The number of ether oxygens (including phenoxy) is 1. The SMILES string of the molecule is COC(=O)C1CCCN(C(=O)C(Br)C(C)C)C1. The number of piperidine rings is 1. The maximum absolute atomic E-state index is 12.1. The van der Waals surface area contributed by atoms with Gasteiger partial charge in [-0.25, -0.2) is 0 Å². The Morgan fingerprint density at radius 3 is 2.59 bits per heavy atom. The minimum atomic E-state index is -0.210. The molecule has 1 rings (SSSR count). The van der Waals surface area contributed by atoms with Crippen LogP contribution in [0.5, 0.6) is 0 Å². The number of esters is 1. The monoisotopic (exact) mass is 305 g/mol. The largest absolute Gasteiger partial charge is 0.469 e. The molecule has 1 heterocycles. The molecule has 0 aromatic heterocycles. The van der Waals surface area contributed by atoms with Crippen molar-refractivity contribution in [3.8, 4) is 0 Å². The highest BCUT2D eigenvalue weighted by Gasteiger charge is 2.32. The van der Waals surface area contributed by atoms with Crippen molar-refractivity contribution in [2.45, 2.75) is 31.5 Å². The van der Waals surface area contributed by atoms with Crippen LogP contribution in [0, 0.1) is 11.8 Å².